The Balaban J connectivity index is 1.48. The van der Waals surface area contributed by atoms with E-state index >= 15 is 4.39 Å². The normalized spacial score (nSPS) is 14.2. The molecule has 2 heterocycles. The Bertz CT molecular complexity index is 1440. The van der Waals surface area contributed by atoms with Gasteiger partial charge in [-0.25, -0.2) is 27.5 Å². The van der Waals surface area contributed by atoms with Gasteiger partial charge in [-0.15, -0.1) is 0 Å². The maximum atomic E-state index is 15.3. The highest BCUT2D eigenvalue weighted by Crippen LogP contribution is 2.36. The molecule has 6 nitrogen and oxygen atoms in total. The van der Waals surface area contributed by atoms with Crippen molar-refractivity contribution in [1.82, 2.24) is 15.0 Å². The Labute approximate surface area is 201 Å². The summed E-state index contributed by atoms with van der Waals surface area (Å²) >= 11 is 0.598. The van der Waals surface area contributed by atoms with Crippen molar-refractivity contribution in [2.75, 3.05) is 10.0 Å². The zero-order chi connectivity index (χ0) is 24.7. The number of ketones is 1. The molecule has 0 radical (unpaired) electrons. The SMILES string of the molecule is C[C@@H](Nc1ncnc2[nH]cc(C(=O)c3c(F)ccc(NSc4cc(F)ccc4F)c3F)c12)C1CC1. The van der Waals surface area contributed by atoms with Gasteiger partial charge >= 0.3 is 0 Å². The van der Waals surface area contributed by atoms with E-state index < -0.39 is 34.6 Å². The lowest BCUT2D eigenvalue weighted by molar-refractivity contribution is 0.103. The molecule has 5 rings (SSSR count). The Morgan fingerprint density at radius 3 is 2.66 bits per heavy atom. The van der Waals surface area contributed by atoms with E-state index in [9.17, 15) is 18.0 Å². The van der Waals surface area contributed by atoms with E-state index in [1.54, 1.807) is 0 Å². The summed E-state index contributed by atoms with van der Waals surface area (Å²) in [5.41, 5.74) is -0.701. The first-order valence-electron chi connectivity index (χ1n) is 10.8. The summed E-state index contributed by atoms with van der Waals surface area (Å²) in [5, 5.41) is 3.61. The molecule has 180 valence electrons. The monoisotopic (exact) mass is 501 g/mol. The minimum absolute atomic E-state index is 0.00451. The van der Waals surface area contributed by atoms with Crippen molar-refractivity contribution >= 4 is 40.3 Å². The van der Waals surface area contributed by atoms with Gasteiger partial charge in [-0.1, -0.05) is 0 Å². The fourth-order valence-electron chi connectivity index (χ4n) is 3.82. The zero-order valence-electron chi connectivity index (χ0n) is 18.3. The van der Waals surface area contributed by atoms with Crippen molar-refractivity contribution in [2.45, 2.75) is 30.7 Å². The van der Waals surface area contributed by atoms with Crippen LogP contribution >= 0.6 is 11.9 Å². The fourth-order valence-corrected chi connectivity index (χ4v) is 4.54. The van der Waals surface area contributed by atoms with Crippen LogP contribution in [0.3, 0.4) is 0 Å². The second-order valence-corrected chi connectivity index (χ2v) is 9.16. The summed E-state index contributed by atoms with van der Waals surface area (Å²) in [7, 11) is 0. The first kappa shape index (κ1) is 23.2. The smallest absolute Gasteiger partial charge is 0.201 e. The molecule has 35 heavy (non-hydrogen) atoms. The number of carbonyl (C=O) groups is 1. The van der Waals surface area contributed by atoms with Crippen LogP contribution in [0.1, 0.15) is 35.7 Å². The number of hydrogen-bond acceptors (Lipinski definition) is 6. The van der Waals surface area contributed by atoms with Crippen LogP contribution in [0.5, 0.6) is 0 Å². The van der Waals surface area contributed by atoms with Gasteiger partial charge in [-0.3, -0.25) is 4.79 Å². The van der Waals surface area contributed by atoms with E-state index in [0.717, 1.165) is 43.2 Å². The van der Waals surface area contributed by atoms with Crippen molar-refractivity contribution < 1.29 is 22.4 Å². The number of fused-ring (bicyclic) bond motifs is 1. The number of aromatic nitrogens is 3. The molecule has 1 aliphatic carbocycles. The highest BCUT2D eigenvalue weighted by Gasteiger charge is 2.30. The molecule has 0 amide bonds. The predicted octanol–water partition coefficient (Wildman–Crippen LogP) is 6.07. The molecular weight excluding hydrogens is 482 g/mol. The lowest BCUT2D eigenvalue weighted by Crippen LogP contribution is -2.19. The number of halogens is 4. The molecule has 3 N–H and O–H groups in total. The fraction of sp³-hybridized carbons (Fsp3) is 0.208. The molecule has 2 aromatic carbocycles. The molecule has 11 heteroatoms. The number of nitrogens with zero attached hydrogens (tertiary/aromatic N) is 2. The molecule has 0 spiro atoms. The minimum Gasteiger partial charge on any atom is -0.367 e. The van der Waals surface area contributed by atoms with E-state index in [1.807, 2.05) is 6.92 Å². The summed E-state index contributed by atoms with van der Waals surface area (Å²) in [5.74, 6) is -3.63. The molecule has 0 bridgehead atoms. The molecule has 1 atom stereocenters. The molecule has 1 fully saturated rings. The van der Waals surface area contributed by atoms with Gasteiger partial charge in [0, 0.05) is 12.2 Å². The van der Waals surface area contributed by atoms with Gasteiger partial charge in [0.25, 0.3) is 0 Å². The first-order chi connectivity index (χ1) is 16.8. The summed E-state index contributed by atoms with van der Waals surface area (Å²) in [4.78, 5) is 24.4. The van der Waals surface area contributed by atoms with Crippen molar-refractivity contribution in [2.24, 2.45) is 5.92 Å². The minimum atomic E-state index is -1.16. The maximum absolute atomic E-state index is 15.3. The molecule has 1 saturated carbocycles. The number of nitrogens with one attached hydrogen (secondary N) is 3. The molecule has 0 saturated heterocycles. The molecule has 2 aromatic heterocycles. The zero-order valence-corrected chi connectivity index (χ0v) is 19.1. The van der Waals surface area contributed by atoms with Gasteiger partial charge in [0.05, 0.1) is 27.1 Å². The van der Waals surface area contributed by atoms with Crippen LogP contribution in [-0.2, 0) is 0 Å². The van der Waals surface area contributed by atoms with E-state index in [-0.39, 0.29) is 22.2 Å². The van der Waals surface area contributed by atoms with Crippen LogP contribution in [0.2, 0.25) is 0 Å². The highest BCUT2D eigenvalue weighted by molar-refractivity contribution is 8.00. The van der Waals surface area contributed by atoms with Crippen LogP contribution in [0.15, 0.2) is 47.8 Å². The second-order valence-electron chi connectivity index (χ2n) is 8.31. The Kier molecular flexibility index (Phi) is 6.10. The molecule has 0 aliphatic heterocycles. The molecule has 4 aromatic rings. The standard InChI is InChI=1S/C24H19F4N5OS/c1-11(12-2-3-12)32-24-19-14(9-29-23(19)30-10-31-24)22(34)20-16(27)6-7-17(21(20)28)33-35-18-8-13(25)4-5-15(18)26/h4-12,33H,2-3H2,1H3,(H2,29,30,31,32)/t11-/m1/s1. The topological polar surface area (TPSA) is 82.7 Å². The predicted molar refractivity (Wildman–Crippen MR) is 125 cm³/mol. The van der Waals surface area contributed by atoms with E-state index in [1.165, 1.54) is 12.5 Å². The summed E-state index contributed by atoms with van der Waals surface area (Å²) in [6.07, 6.45) is 4.86. The summed E-state index contributed by atoms with van der Waals surface area (Å²) in [6, 6.07) is 4.93. The van der Waals surface area contributed by atoms with Crippen LogP contribution in [0.25, 0.3) is 11.0 Å². The average Bonchev–Trinajstić information content (AvgIpc) is 3.59. The van der Waals surface area contributed by atoms with Crippen LogP contribution in [-0.4, -0.2) is 26.8 Å². The van der Waals surface area contributed by atoms with Gasteiger partial charge in [0.1, 0.15) is 35.2 Å². The number of aromatic amines is 1. The van der Waals surface area contributed by atoms with Crippen molar-refractivity contribution in [3.63, 3.8) is 0 Å². The molecule has 0 unspecified atom stereocenters. The number of carbonyl (C=O) groups excluding carboxylic acids is 1. The van der Waals surface area contributed by atoms with Crippen LogP contribution in [0.4, 0.5) is 29.1 Å². The second kappa shape index (κ2) is 9.21. The summed E-state index contributed by atoms with van der Waals surface area (Å²) < 4.78 is 59.9. The van der Waals surface area contributed by atoms with Crippen LogP contribution in [0, 0.1) is 29.2 Å². The Morgan fingerprint density at radius 2 is 1.89 bits per heavy atom. The van der Waals surface area contributed by atoms with Crippen molar-refractivity contribution in [3.05, 3.63) is 77.3 Å². The third-order valence-corrected chi connectivity index (χ3v) is 6.75. The third kappa shape index (κ3) is 4.55. The Morgan fingerprint density at radius 1 is 1.11 bits per heavy atom. The first-order valence-corrected chi connectivity index (χ1v) is 11.6. The van der Waals surface area contributed by atoms with E-state index in [2.05, 4.69) is 25.0 Å². The van der Waals surface area contributed by atoms with Gasteiger partial charge < -0.3 is 15.0 Å². The van der Waals surface area contributed by atoms with Gasteiger partial charge in [-0.2, -0.15) is 0 Å². The molecule has 1 aliphatic rings. The third-order valence-electron chi connectivity index (χ3n) is 5.89. The van der Waals surface area contributed by atoms with Gasteiger partial charge in [-0.05, 0) is 68.0 Å². The van der Waals surface area contributed by atoms with Crippen molar-refractivity contribution in [1.29, 1.82) is 0 Å². The quantitative estimate of drug-likeness (QED) is 0.154. The lowest BCUT2D eigenvalue weighted by Gasteiger charge is -2.15. The number of H-pyrrole nitrogens is 1. The van der Waals surface area contributed by atoms with Gasteiger partial charge in [0.15, 0.2) is 5.82 Å². The summed E-state index contributed by atoms with van der Waals surface area (Å²) in [6.45, 7) is 2.01. The lowest BCUT2D eigenvalue weighted by atomic mass is 10.0. The number of rotatable bonds is 8. The number of anilines is 2. The highest BCUT2D eigenvalue weighted by atomic mass is 32.2. The van der Waals surface area contributed by atoms with Crippen molar-refractivity contribution in [3.8, 4) is 0 Å². The average molecular weight is 502 g/mol. The van der Waals surface area contributed by atoms with E-state index in [0.29, 0.717) is 34.7 Å². The van der Waals surface area contributed by atoms with Gasteiger partial charge in [0.2, 0.25) is 5.78 Å². The maximum Gasteiger partial charge on any atom is 0.201 e. The largest absolute Gasteiger partial charge is 0.367 e. The van der Waals surface area contributed by atoms with Crippen LogP contribution < -0.4 is 10.0 Å². The Hall–Kier alpha value is -3.60. The number of benzene rings is 2. The number of hydrogen-bond donors (Lipinski definition) is 3. The van der Waals surface area contributed by atoms with E-state index in [4.69, 9.17) is 0 Å². The molecular formula is C24H19F4N5OS.